The minimum absolute atomic E-state index is 0.0154. The number of nitrogens with two attached hydrogens (primary N) is 1. The molecular formula is C29H22F3N3O4S. The third-order valence-electron chi connectivity index (χ3n) is 6.10. The second-order valence-corrected chi connectivity index (χ2v) is 9.60. The summed E-state index contributed by atoms with van der Waals surface area (Å²) < 4.78 is 49.4. The molecular weight excluding hydrogens is 543 g/mol. The van der Waals surface area contributed by atoms with Crippen LogP contribution < -0.4 is 10.6 Å². The van der Waals surface area contributed by atoms with E-state index in [4.69, 9.17) is 15.2 Å². The number of hydrogen-bond donors (Lipinski definition) is 1. The Labute approximate surface area is 232 Å². The van der Waals surface area contributed by atoms with Crippen LogP contribution >= 0.6 is 11.8 Å². The van der Waals surface area contributed by atoms with E-state index in [-0.39, 0.29) is 22.7 Å². The van der Waals surface area contributed by atoms with Crippen molar-refractivity contribution in [3.8, 4) is 6.07 Å². The van der Waals surface area contributed by atoms with Gasteiger partial charge in [-0.25, -0.2) is 9.59 Å². The molecule has 204 valence electrons. The van der Waals surface area contributed by atoms with Gasteiger partial charge in [-0.15, -0.1) is 0 Å². The van der Waals surface area contributed by atoms with Gasteiger partial charge < -0.3 is 15.2 Å². The number of benzene rings is 3. The molecule has 40 heavy (non-hydrogen) atoms. The lowest BCUT2D eigenvalue weighted by atomic mass is 9.81. The van der Waals surface area contributed by atoms with Crippen LogP contribution in [0.25, 0.3) is 0 Å². The molecule has 11 heteroatoms. The van der Waals surface area contributed by atoms with E-state index in [1.54, 1.807) is 60.7 Å². The van der Waals surface area contributed by atoms with Gasteiger partial charge in [-0.1, -0.05) is 48.2 Å². The van der Waals surface area contributed by atoms with E-state index < -0.39 is 29.6 Å². The van der Waals surface area contributed by atoms with Gasteiger partial charge in [0.15, 0.2) is 0 Å². The molecule has 1 unspecified atom stereocenters. The van der Waals surface area contributed by atoms with Gasteiger partial charge in [-0.2, -0.15) is 18.4 Å². The largest absolute Gasteiger partial charge is 0.466 e. The quantitative estimate of drug-likeness (QED) is 0.377. The number of esters is 2. The van der Waals surface area contributed by atoms with E-state index in [0.717, 1.165) is 38.1 Å². The van der Waals surface area contributed by atoms with E-state index in [0.29, 0.717) is 21.0 Å². The van der Waals surface area contributed by atoms with Gasteiger partial charge in [0.05, 0.1) is 42.9 Å². The summed E-state index contributed by atoms with van der Waals surface area (Å²) in [5.74, 6) is -2.83. The number of carbonyl (C=O) groups excluding carboxylic acids is 2. The molecule has 7 nitrogen and oxygen atoms in total. The van der Waals surface area contributed by atoms with Crippen LogP contribution in [0, 0.1) is 11.3 Å². The number of ether oxygens (including phenoxy) is 2. The first kappa shape index (κ1) is 28.3. The average Bonchev–Trinajstić information content (AvgIpc) is 2.96. The van der Waals surface area contributed by atoms with E-state index >= 15 is 0 Å². The molecule has 1 aliphatic heterocycles. The first-order chi connectivity index (χ1) is 19.1. The Balaban J connectivity index is 1.82. The van der Waals surface area contributed by atoms with Crippen molar-refractivity contribution in [1.29, 1.82) is 5.26 Å². The molecule has 0 radical (unpaired) electrons. The molecule has 2 N–H and O–H groups in total. The lowest BCUT2D eigenvalue weighted by Gasteiger charge is -2.35. The Morgan fingerprint density at radius 3 is 2.15 bits per heavy atom. The van der Waals surface area contributed by atoms with Crippen molar-refractivity contribution in [1.82, 2.24) is 0 Å². The average molecular weight is 566 g/mol. The van der Waals surface area contributed by atoms with E-state index in [1.807, 2.05) is 0 Å². The number of allylic oxidation sites excluding steroid dienone is 1. The van der Waals surface area contributed by atoms with Crippen molar-refractivity contribution in [2.45, 2.75) is 21.9 Å². The summed E-state index contributed by atoms with van der Waals surface area (Å²) in [5, 5.41) is 10.1. The van der Waals surface area contributed by atoms with Crippen LogP contribution in [0.4, 0.5) is 18.9 Å². The second kappa shape index (κ2) is 11.6. The summed E-state index contributed by atoms with van der Waals surface area (Å²) in [7, 11) is 2.30. The molecule has 0 saturated heterocycles. The second-order valence-electron chi connectivity index (χ2n) is 8.46. The van der Waals surface area contributed by atoms with Crippen LogP contribution in [-0.2, 0) is 25.2 Å². The number of alkyl halides is 3. The molecule has 3 aromatic carbocycles. The highest BCUT2D eigenvalue weighted by atomic mass is 32.2. The molecule has 1 heterocycles. The molecule has 0 spiro atoms. The Hall–Kier alpha value is -4.69. The number of nitrogens with zero attached hydrogens (tertiary/aromatic N) is 2. The van der Waals surface area contributed by atoms with Gasteiger partial charge in [-0.05, 0) is 48.0 Å². The van der Waals surface area contributed by atoms with Crippen molar-refractivity contribution in [3.05, 3.63) is 113 Å². The monoisotopic (exact) mass is 565 g/mol. The van der Waals surface area contributed by atoms with E-state index in [2.05, 4.69) is 6.07 Å². The van der Waals surface area contributed by atoms with Crippen molar-refractivity contribution in [2.24, 2.45) is 5.73 Å². The maximum Gasteiger partial charge on any atom is 0.416 e. The number of halogens is 3. The van der Waals surface area contributed by atoms with Crippen molar-refractivity contribution >= 4 is 29.4 Å². The van der Waals surface area contributed by atoms with Crippen LogP contribution in [0.15, 0.2) is 111 Å². The molecule has 0 saturated carbocycles. The lowest BCUT2D eigenvalue weighted by Crippen LogP contribution is -2.40. The van der Waals surface area contributed by atoms with Gasteiger partial charge >= 0.3 is 18.1 Å². The number of hydrogen-bond acceptors (Lipinski definition) is 8. The van der Waals surface area contributed by atoms with E-state index in [1.165, 1.54) is 11.0 Å². The first-order valence-electron chi connectivity index (χ1n) is 11.7. The van der Waals surface area contributed by atoms with Crippen LogP contribution in [0.5, 0.6) is 0 Å². The molecule has 0 amide bonds. The maximum atomic E-state index is 13.1. The fraction of sp³-hybridized carbons (Fsp3) is 0.138. The van der Waals surface area contributed by atoms with Crippen LogP contribution in [0.3, 0.4) is 0 Å². The molecule has 0 bridgehead atoms. The summed E-state index contributed by atoms with van der Waals surface area (Å²) >= 11 is 1.11. The third kappa shape index (κ3) is 5.53. The first-order valence-corrected chi connectivity index (χ1v) is 12.5. The zero-order valence-electron chi connectivity index (χ0n) is 21.2. The molecule has 3 aromatic rings. The van der Waals surface area contributed by atoms with Gasteiger partial charge in [0, 0.05) is 15.5 Å². The SMILES string of the molecule is COC(=O)C1=C(C(=O)OC)N(c2ccc(Sc3cccc(C(F)(F)F)c3)cc2)C(N)=C(C#N)C1c1ccccc1. The fourth-order valence-electron chi connectivity index (χ4n) is 4.32. The molecule has 1 aliphatic rings. The minimum Gasteiger partial charge on any atom is -0.466 e. The highest BCUT2D eigenvalue weighted by Crippen LogP contribution is 2.43. The van der Waals surface area contributed by atoms with Crippen LogP contribution in [0.2, 0.25) is 0 Å². The molecule has 0 fully saturated rings. The zero-order chi connectivity index (χ0) is 29.0. The van der Waals surface area contributed by atoms with Crippen LogP contribution in [-0.4, -0.2) is 26.2 Å². The predicted molar refractivity (Wildman–Crippen MR) is 142 cm³/mol. The van der Waals surface area contributed by atoms with E-state index in [9.17, 15) is 28.0 Å². The topological polar surface area (TPSA) is 106 Å². The van der Waals surface area contributed by atoms with Gasteiger partial charge in [-0.3, -0.25) is 4.90 Å². The van der Waals surface area contributed by atoms with Crippen molar-refractivity contribution < 1.29 is 32.2 Å². The summed E-state index contributed by atoms with van der Waals surface area (Å²) in [4.78, 5) is 28.5. The Bertz CT molecular complexity index is 1550. The molecule has 0 aromatic heterocycles. The number of carbonyl (C=O) groups is 2. The number of rotatable bonds is 6. The number of nitriles is 1. The minimum atomic E-state index is -4.47. The van der Waals surface area contributed by atoms with Crippen molar-refractivity contribution in [2.75, 3.05) is 19.1 Å². The number of anilines is 1. The highest BCUT2D eigenvalue weighted by molar-refractivity contribution is 7.99. The Kier molecular flexibility index (Phi) is 8.21. The summed E-state index contributed by atoms with van der Waals surface area (Å²) in [6.45, 7) is 0. The number of methoxy groups -OCH3 is 2. The lowest BCUT2D eigenvalue weighted by molar-refractivity contribution is -0.139. The Morgan fingerprint density at radius 2 is 1.57 bits per heavy atom. The van der Waals surface area contributed by atoms with Crippen LogP contribution in [0.1, 0.15) is 17.0 Å². The standard InChI is InChI=1S/C29H22F3N3O4S/c1-38-27(36)24-23(17-7-4-3-5-8-17)22(16-33)26(34)35(25(24)28(37)39-2)19-11-13-20(14-12-19)40-21-10-6-9-18(15-21)29(30,31)32/h3-15,23H,34H2,1-2H3. The van der Waals surface area contributed by atoms with Crippen molar-refractivity contribution in [3.63, 3.8) is 0 Å². The molecule has 1 atom stereocenters. The third-order valence-corrected chi connectivity index (χ3v) is 7.10. The predicted octanol–water partition coefficient (Wildman–Crippen LogP) is 5.75. The molecule has 0 aliphatic carbocycles. The fourth-order valence-corrected chi connectivity index (χ4v) is 5.19. The normalized spacial score (nSPS) is 15.5. The highest BCUT2D eigenvalue weighted by Gasteiger charge is 2.43. The van der Waals surface area contributed by atoms with Gasteiger partial charge in [0.25, 0.3) is 0 Å². The zero-order valence-corrected chi connectivity index (χ0v) is 22.0. The maximum absolute atomic E-state index is 13.1. The summed E-state index contributed by atoms with van der Waals surface area (Å²) in [6, 6.07) is 22.0. The van der Waals surface area contributed by atoms with Gasteiger partial charge in [0.1, 0.15) is 11.5 Å². The smallest absolute Gasteiger partial charge is 0.416 e. The summed E-state index contributed by atoms with van der Waals surface area (Å²) in [5.41, 5.74) is 6.22. The Morgan fingerprint density at radius 1 is 0.925 bits per heavy atom. The van der Waals surface area contributed by atoms with Gasteiger partial charge in [0.2, 0.25) is 0 Å². The summed E-state index contributed by atoms with van der Waals surface area (Å²) in [6.07, 6.45) is -4.47. The molecule has 4 rings (SSSR count).